The highest BCUT2D eigenvalue weighted by atomic mass is 16.2. The van der Waals surface area contributed by atoms with Gasteiger partial charge in [-0.3, -0.25) is 9.59 Å². The van der Waals surface area contributed by atoms with Crippen LogP contribution in [0.15, 0.2) is 18.3 Å². The van der Waals surface area contributed by atoms with Crippen molar-refractivity contribution in [1.82, 2.24) is 25.8 Å². The molecule has 1 fully saturated rings. The van der Waals surface area contributed by atoms with Gasteiger partial charge in [-0.25, -0.2) is 9.78 Å². The maximum Gasteiger partial charge on any atom is 0.315 e. The minimum absolute atomic E-state index is 0.0146. The topological polar surface area (TPSA) is 129 Å². The Morgan fingerprint density at radius 2 is 2.15 bits per heavy atom. The zero-order valence-corrected chi connectivity index (χ0v) is 15.1. The summed E-state index contributed by atoms with van der Waals surface area (Å²) in [6.07, 6.45) is 2.79. The SMILES string of the molecule is CC(C)N(CC1CCC(=O)N1)C(=O)CNC(=O)NCc1ccc(N)nc1. The number of rotatable bonds is 7. The Morgan fingerprint density at radius 3 is 2.73 bits per heavy atom. The number of anilines is 1. The molecule has 1 atom stereocenters. The lowest BCUT2D eigenvalue weighted by Crippen LogP contribution is -2.49. The van der Waals surface area contributed by atoms with E-state index in [-0.39, 0.29) is 37.0 Å². The Bertz CT molecular complexity index is 646. The van der Waals surface area contributed by atoms with Gasteiger partial charge in [-0.05, 0) is 31.9 Å². The van der Waals surface area contributed by atoms with E-state index in [2.05, 4.69) is 20.9 Å². The number of amides is 4. The molecule has 1 aliphatic heterocycles. The zero-order chi connectivity index (χ0) is 19.1. The van der Waals surface area contributed by atoms with Gasteiger partial charge in [0.15, 0.2) is 0 Å². The van der Waals surface area contributed by atoms with Crippen LogP contribution in [0.5, 0.6) is 0 Å². The Kier molecular flexibility index (Phi) is 6.76. The molecule has 0 aliphatic carbocycles. The first-order chi connectivity index (χ1) is 12.3. The number of nitrogens with one attached hydrogen (secondary N) is 3. The molecule has 1 unspecified atom stereocenters. The van der Waals surface area contributed by atoms with Crippen molar-refractivity contribution in [2.75, 3.05) is 18.8 Å². The van der Waals surface area contributed by atoms with Gasteiger partial charge in [0.2, 0.25) is 11.8 Å². The molecule has 2 rings (SSSR count). The second kappa shape index (κ2) is 9.02. The third kappa shape index (κ3) is 5.91. The number of urea groups is 1. The Hall–Kier alpha value is -2.84. The molecule has 26 heavy (non-hydrogen) atoms. The van der Waals surface area contributed by atoms with Crippen LogP contribution in [0.2, 0.25) is 0 Å². The quantitative estimate of drug-likeness (QED) is 0.542. The number of pyridine rings is 1. The molecule has 1 saturated heterocycles. The Labute approximate surface area is 152 Å². The Morgan fingerprint density at radius 1 is 1.38 bits per heavy atom. The predicted molar refractivity (Wildman–Crippen MR) is 96.9 cm³/mol. The number of nitrogen functional groups attached to an aromatic ring is 1. The monoisotopic (exact) mass is 362 g/mol. The van der Waals surface area contributed by atoms with E-state index in [1.165, 1.54) is 0 Å². The van der Waals surface area contributed by atoms with Crippen molar-refractivity contribution in [3.05, 3.63) is 23.9 Å². The normalized spacial score (nSPS) is 16.3. The number of nitrogens with zero attached hydrogens (tertiary/aromatic N) is 2. The fraction of sp³-hybridized carbons (Fsp3) is 0.529. The number of nitrogens with two attached hydrogens (primary N) is 1. The summed E-state index contributed by atoms with van der Waals surface area (Å²) in [4.78, 5) is 41.2. The summed E-state index contributed by atoms with van der Waals surface area (Å²) in [5, 5.41) is 8.08. The molecule has 9 heteroatoms. The van der Waals surface area contributed by atoms with Crippen LogP contribution >= 0.6 is 0 Å². The van der Waals surface area contributed by atoms with E-state index in [1.807, 2.05) is 13.8 Å². The fourth-order valence-electron chi connectivity index (χ4n) is 2.70. The number of hydrogen-bond donors (Lipinski definition) is 4. The average molecular weight is 362 g/mol. The summed E-state index contributed by atoms with van der Waals surface area (Å²) < 4.78 is 0. The van der Waals surface area contributed by atoms with Gasteiger partial charge < -0.3 is 26.6 Å². The number of hydrogen-bond acceptors (Lipinski definition) is 5. The molecule has 1 aliphatic rings. The summed E-state index contributed by atoms with van der Waals surface area (Å²) in [6, 6.07) is 2.93. The van der Waals surface area contributed by atoms with Crippen LogP contribution < -0.4 is 21.7 Å². The number of carbonyl (C=O) groups excluding carboxylic acids is 3. The largest absolute Gasteiger partial charge is 0.384 e. The highest BCUT2D eigenvalue weighted by Gasteiger charge is 2.26. The van der Waals surface area contributed by atoms with E-state index in [1.54, 1.807) is 23.2 Å². The molecule has 1 aromatic rings. The molecular formula is C17H26N6O3. The molecule has 2 heterocycles. The Balaban J connectivity index is 1.76. The third-order valence-electron chi connectivity index (χ3n) is 4.15. The van der Waals surface area contributed by atoms with Gasteiger partial charge in [0.1, 0.15) is 5.82 Å². The number of carbonyl (C=O) groups is 3. The molecule has 0 radical (unpaired) electrons. The first-order valence-electron chi connectivity index (χ1n) is 8.66. The lowest BCUT2D eigenvalue weighted by Gasteiger charge is -2.29. The van der Waals surface area contributed by atoms with Crippen molar-refractivity contribution in [2.45, 2.75) is 45.3 Å². The fourth-order valence-corrected chi connectivity index (χ4v) is 2.70. The van der Waals surface area contributed by atoms with Crippen LogP contribution in [0.1, 0.15) is 32.3 Å². The molecule has 0 aromatic carbocycles. The van der Waals surface area contributed by atoms with Crippen molar-refractivity contribution in [3.8, 4) is 0 Å². The third-order valence-corrected chi connectivity index (χ3v) is 4.15. The van der Waals surface area contributed by atoms with Crippen molar-refractivity contribution < 1.29 is 14.4 Å². The van der Waals surface area contributed by atoms with Crippen LogP contribution in [0.3, 0.4) is 0 Å². The van der Waals surface area contributed by atoms with Crippen molar-refractivity contribution in [2.24, 2.45) is 0 Å². The lowest BCUT2D eigenvalue weighted by molar-refractivity contribution is -0.132. The second-order valence-electron chi connectivity index (χ2n) is 6.57. The summed E-state index contributed by atoms with van der Waals surface area (Å²) in [7, 11) is 0. The van der Waals surface area contributed by atoms with Gasteiger partial charge in [-0.15, -0.1) is 0 Å². The lowest BCUT2D eigenvalue weighted by atomic mass is 10.2. The molecular weight excluding hydrogens is 336 g/mol. The molecule has 0 spiro atoms. The minimum atomic E-state index is -0.437. The zero-order valence-electron chi connectivity index (χ0n) is 15.1. The summed E-state index contributed by atoms with van der Waals surface area (Å²) in [6.45, 7) is 4.44. The maximum absolute atomic E-state index is 12.4. The first-order valence-corrected chi connectivity index (χ1v) is 8.66. The average Bonchev–Trinajstić information content (AvgIpc) is 3.02. The van der Waals surface area contributed by atoms with Gasteiger partial charge in [-0.2, -0.15) is 0 Å². The predicted octanol–water partition coefficient (Wildman–Crippen LogP) is -0.0214. The van der Waals surface area contributed by atoms with Crippen molar-refractivity contribution >= 4 is 23.7 Å². The maximum atomic E-state index is 12.4. The minimum Gasteiger partial charge on any atom is -0.384 e. The first kappa shape index (κ1) is 19.5. The van der Waals surface area contributed by atoms with Crippen LogP contribution in [0.25, 0.3) is 0 Å². The second-order valence-corrected chi connectivity index (χ2v) is 6.57. The van der Waals surface area contributed by atoms with Crippen LogP contribution in [-0.4, -0.2) is 52.9 Å². The molecule has 0 saturated carbocycles. The van der Waals surface area contributed by atoms with Crippen LogP contribution in [-0.2, 0) is 16.1 Å². The summed E-state index contributed by atoms with van der Waals surface area (Å²) in [5.74, 6) is 0.238. The number of aromatic nitrogens is 1. The van der Waals surface area contributed by atoms with Crippen LogP contribution in [0.4, 0.5) is 10.6 Å². The smallest absolute Gasteiger partial charge is 0.315 e. The van der Waals surface area contributed by atoms with Crippen LogP contribution in [0, 0.1) is 0 Å². The molecule has 1 aromatic heterocycles. The molecule has 9 nitrogen and oxygen atoms in total. The molecule has 142 valence electrons. The van der Waals surface area contributed by atoms with Gasteiger partial charge in [0.05, 0.1) is 6.54 Å². The van der Waals surface area contributed by atoms with Crippen molar-refractivity contribution in [3.63, 3.8) is 0 Å². The van der Waals surface area contributed by atoms with E-state index in [4.69, 9.17) is 5.73 Å². The van der Waals surface area contributed by atoms with E-state index in [0.29, 0.717) is 18.8 Å². The highest BCUT2D eigenvalue weighted by molar-refractivity contribution is 5.84. The van der Waals surface area contributed by atoms with Gasteiger partial charge >= 0.3 is 6.03 Å². The molecule has 4 amide bonds. The van der Waals surface area contributed by atoms with Gasteiger partial charge in [0, 0.05) is 37.8 Å². The molecule has 0 bridgehead atoms. The van der Waals surface area contributed by atoms with E-state index in [9.17, 15) is 14.4 Å². The van der Waals surface area contributed by atoms with Gasteiger partial charge in [-0.1, -0.05) is 6.07 Å². The van der Waals surface area contributed by atoms with Gasteiger partial charge in [0.25, 0.3) is 0 Å². The van der Waals surface area contributed by atoms with E-state index in [0.717, 1.165) is 12.0 Å². The summed E-state index contributed by atoms with van der Waals surface area (Å²) in [5.41, 5.74) is 6.31. The summed E-state index contributed by atoms with van der Waals surface area (Å²) >= 11 is 0. The standard InChI is InChI=1S/C17H26N6O3/c1-11(2)23(10-13-4-6-15(24)22-13)16(25)9-21-17(26)20-8-12-3-5-14(18)19-7-12/h3,5,7,11,13H,4,6,8-10H2,1-2H3,(H2,18,19)(H,22,24)(H2,20,21,26). The van der Waals surface area contributed by atoms with E-state index < -0.39 is 6.03 Å². The molecule has 5 N–H and O–H groups in total. The highest BCUT2D eigenvalue weighted by Crippen LogP contribution is 2.10. The van der Waals surface area contributed by atoms with Crippen molar-refractivity contribution in [1.29, 1.82) is 0 Å². The van der Waals surface area contributed by atoms with E-state index >= 15 is 0 Å².